The number of nitro groups is 1. The number of nitrogens with one attached hydrogen (secondary N) is 1. The first-order valence-electron chi connectivity index (χ1n) is 6.51. The molecule has 0 spiro atoms. The monoisotopic (exact) mass is 321 g/mol. The Balaban J connectivity index is 1.87. The fraction of sp³-hybridized carbons (Fsp3) is 0.308. The van der Waals surface area contributed by atoms with Crippen molar-refractivity contribution >= 4 is 29.1 Å². The van der Waals surface area contributed by atoms with Gasteiger partial charge in [0.25, 0.3) is 0 Å². The Bertz CT molecular complexity index is 706. The van der Waals surface area contributed by atoms with Crippen LogP contribution in [0.25, 0.3) is 0 Å². The molecule has 2 heterocycles. The minimum atomic E-state index is -0.526. The summed E-state index contributed by atoms with van der Waals surface area (Å²) in [6, 6.07) is 1.97. The summed E-state index contributed by atoms with van der Waals surface area (Å²) in [6.07, 6.45) is 4.05. The number of rotatable bonds is 6. The molecule has 0 aliphatic rings. The van der Waals surface area contributed by atoms with Gasteiger partial charge < -0.3 is 0 Å². The molecule has 1 atom stereocenters. The molecule has 0 aliphatic heterocycles. The first-order chi connectivity index (χ1) is 10.5. The summed E-state index contributed by atoms with van der Waals surface area (Å²) in [4.78, 5) is 22.9. The highest BCUT2D eigenvalue weighted by atomic mass is 32.1. The van der Waals surface area contributed by atoms with E-state index in [2.05, 4.69) is 15.6 Å². The van der Waals surface area contributed by atoms with Crippen LogP contribution in [0, 0.1) is 23.0 Å². The Morgan fingerprint density at radius 3 is 3.05 bits per heavy atom. The van der Waals surface area contributed by atoms with E-state index in [0.717, 1.165) is 16.6 Å². The number of carbonyl (C=O) groups is 1. The minimum Gasteiger partial charge on any atom is -0.273 e. The largest absolute Gasteiger partial charge is 0.306 e. The molecular formula is C13H15N5O3S. The molecule has 9 heteroatoms. The molecular weight excluding hydrogens is 306 g/mol. The number of thiophene rings is 1. The van der Waals surface area contributed by atoms with Crippen molar-refractivity contribution in [2.45, 2.75) is 20.4 Å². The molecule has 2 rings (SSSR count). The van der Waals surface area contributed by atoms with Gasteiger partial charge >= 0.3 is 5.69 Å². The van der Waals surface area contributed by atoms with Gasteiger partial charge in [-0.05, 0) is 23.9 Å². The predicted octanol–water partition coefficient (Wildman–Crippen LogP) is 1.95. The number of carbonyl (C=O) groups excluding carboxylic acids is 1. The van der Waals surface area contributed by atoms with Gasteiger partial charge in [-0.15, -0.1) is 11.3 Å². The van der Waals surface area contributed by atoms with Crippen molar-refractivity contribution in [3.05, 3.63) is 44.4 Å². The van der Waals surface area contributed by atoms with Crippen LogP contribution in [-0.2, 0) is 11.3 Å². The molecule has 0 fully saturated rings. The van der Waals surface area contributed by atoms with Crippen LogP contribution < -0.4 is 5.43 Å². The van der Waals surface area contributed by atoms with E-state index in [4.69, 9.17) is 0 Å². The van der Waals surface area contributed by atoms with E-state index in [-0.39, 0.29) is 18.1 Å². The van der Waals surface area contributed by atoms with Gasteiger partial charge in [-0.25, -0.2) is 5.43 Å². The summed E-state index contributed by atoms with van der Waals surface area (Å²) in [7, 11) is 0. The van der Waals surface area contributed by atoms with Crippen LogP contribution in [0.4, 0.5) is 5.69 Å². The molecule has 1 unspecified atom stereocenters. The zero-order valence-electron chi connectivity index (χ0n) is 12.1. The fourth-order valence-corrected chi connectivity index (χ4v) is 2.48. The highest BCUT2D eigenvalue weighted by Crippen LogP contribution is 2.12. The Hall–Kier alpha value is -2.55. The molecule has 1 N–H and O–H groups in total. The number of amides is 1. The average Bonchev–Trinajstić information content (AvgIpc) is 3.08. The van der Waals surface area contributed by atoms with Crippen LogP contribution in [0.5, 0.6) is 0 Å². The van der Waals surface area contributed by atoms with E-state index in [0.29, 0.717) is 0 Å². The van der Waals surface area contributed by atoms with Crippen molar-refractivity contribution in [1.29, 1.82) is 0 Å². The maximum Gasteiger partial charge on any atom is 0.306 e. The third-order valence-corrected chi connectivity index (χ3v) is 3.95. The Morgan fingerprint density at radius 2 is 2.45 bits per heavy atom. The van der Waals surface area contributed by atoms with E-state index >= 15 is 0 Å². The quantitative estimate of drug-likeness (QED) is 0.499. The Morgan fingerprint density at radius 1 is 1.68 bits per heavy atom. The second-order valence-electron chi connectivity index (χ2n) is 4.78. The molecule has 0 aromatic carbocycles. The lowest BCUT2D eigenvalue weighted by atomic mass is 10.2. The zero-order valence-corrected chi connectivity index (χ0v) is 12.9. The van der Waals surface area contributed by atoms with Gasteiger partial charge in [0, 0.05) is 4.88 Å². The van der Waals surface area contributed by atoms with Crippen LogP contribution in [0.1, 0.15) is 17.4 Å². The maximum atomic E-state index is 11.9. The first kappa shape index (κ1) is 15.8. The van der Waals surface area contributed by atoms with E-state index in [1.165, 1.54) is 22.2 Å². The molecule has 22 heavy (non-hydrogen) atoms. The van der Waals surface area contributed by atoms with Crippen LogP contribution in [0.3, 0.4) is 0 Å². The van der Waals surface area contributed by atoms with Gasteiger partial charge in [-0.1, -0.05) is 6.92 Å². The lowest BCUT2D eigenvalue weighted by molar-refractivity contribution is -0.385. The number of aryl methyl sites for hydroxylation is 1. The van der Waals surface area contributed by atoms with Crippen LogP contribution in [0.15, 0.2) is 28.9 Å². The summed E-state index contributed by atoms with van der Waals surface area (Å²) in [5, 5.41) is 20.3. The van der Waals surface area contributed by atoms with Gasteiger partial charge in [-0.3, -0.25) is 19.6 Å². The highest BCUT2D eigenvalue weighted by Gasteiger charge is 2.16. The molecule has 2 aromatic heterocycles. The third-order valence-electron chi connectivity index (χ3n) is 3.00. The molecule has 0 radical (unpaired) electrons. The first-order valence-corrected chi connectivity index (χ1v) is 7.39. The third kappa shape index (κ3) is 3.98. The summed E-state index contributed by atoms with van der Waals surface area (Å²) in [5.74, 6) is -0.690. The average molecular weight is 321 g/mol. The summed E-state index contributed by atoms with van der Waals surface area (Å²) in [5.41, 5.74) is 3.46. The molecule has 0 bridgehead atoms. The highest BCUT2D eigenvalue weighted by molar-refractivity contribution is 7.11. The predicted molar refractivity (Wildman–Crippen MR) is 82.8 cm³/mol. The molecule has 8 nitrogen and oxygen atoms in total. The standard InChI is InChI=1S/C13H15N5O3S/c1-9-3-4-22-12(9)6-14-16-13(19)10(2)7-17-8-11(5-15-17)18(20)21/h3-6,8,10H,7H2,1-2H3,(H,16,19). The van der Waals surface area contributed by atoms with Crippen molar-refractivity contribution < 1.29 is 9.72 Å². The minimum absolute atomic E-state index is 0.0983. The van der Waals surface area contributed by atoms with Crippen molar-refractivity contribution in [3.63, 3.8) is 0 Å². The number of nitrogens with zero attached hydrogens (tertiary/aromatic N) is 4. The van der Waals surface area contributed by atoms with Crippen LogP contribution >= 0.6 is 11.3 Å². The molecule has 0 saturated carbocycles. The summed E-state index contributed by atoms with van der Waals surface area (Å²) >= 11 is 1.54. The molecule has 0 aliphatic carbocycles. The van der Waals surface area contributed by atoms with Gasteiger partial charge in [-0.2, -0.15) is 10.2 Å². The fourth-order valence-electron chi connectivity index (χ4n) is 1.69. The number of hydrogen-bond acceptors (Lipinski definition) is 6. The van der Waals surface area contributed by atoms with Gasteiger partial charge in [0.1, 0.15) is 12.4 Å². The van der Waals surface area contributed by atoms with Crippen molar-refractivity contribution in [1.82, 2.24) is 15.2 Å². The summed E-state index contributed by atoms with van der Waals surface area (Å²) < 4.78 is 1.37. The number of hydrogen-bond donors (Lipinski definition) is 1. The molecule has 0 saturated heterocycles. The second kappa shape index (κ2) is 6.94. The number of aromatic nitrogens is 2. The van der Waals surface area contributed by atoms with E-state index in [9.17, 15) is 14.9 Å². The van der Waals surface area contributed by atoms with E-state index in [1.807, 2.05) is 18.4 Å². The number of hydrazone groups is 1. The van der Waals surface area contributed by atoms with Crippen molar-refractivity contribution in [2.75, 3.05) is 0 Å². The summed E-state index contributed by atoms with van der Waals surface area (Å²) in [6.45, 7) is 3.91. The smallest absolute Gasteiger partial charge is 0.273 e. The maximum absolute atomic E-state index is 11.9. The lowest BCUT2D eigenvalue weighted by Crippen LogP contribution is -2.28. The zero-order chi connectivity index (χ0) is 16.1. The van der Waals surface area contributed by atoms with E-state index < -0.39 is 10.8 Å². The second-order valence-corrected chi connectivity index (χ2v) is 5.73. The van der Waals surface area contributed by atoms with Crippen molar-refractivity contribution in [2.24, 2.45) is 11.0 Å². The molecule has 116 valence electrons. The Labute approximate surface area is 130 Å². The lowest BCUT2D eigenvalue weighted by Gasteiger charge is -2.08. The topological polar surface area (TPSA) is 102 Å². The van der Waals surface area contributed by atoms with Gasteiger partial charge in [0.2, 0.25) is 5.91 Å². The normalized spacial score (nSPS) is 12.5. The van der Waals surface area contributed by atoms with Crippen LogP contribution in [-0.4, -0.2) is 26.8 Å². The van der Waals surface area contributed by atoms with Crippen LogP contribution in [0.2, 0.25) is 0 Å². The SMILES string of the molecule is Cc1ccsc1C=NNC(=O)C(C)Cn1cc([N+](=O)[O-])cn1. The van der Waals surface area contributed by atoms with Gasteiger partial charge in [0.05, 0.1) is 23.6 Å². The Kier molecular flexibility index (Phi) is 4.99. The van der Waals surface area contributed by atoms with E-state index in [1.54, 1.807) is 13.1 Å². The van der Waals surface area contributed by atoms with Crippen molar-refractivity contribution in [3.8, 4) is 0 Å². The molecule has 2 aromatic rings. The van der Waals surface area contributed by atoms with Gasteiger partial charge in [0.15, 0.2) is 0 Å². The molecule has 1 amide bonds.